The summed E-state index contributed by atoms with van der Waals surface area (Å²) in [5.74, 6) is 0. The molecule has 2 rings (SSSR count). The summed E-state index contributed by atoms with van der Waals surface area (Å²) in [7, 11) is -2.59. The van der Waals surface area contributed by atoms with Gasteiger partial charge in [-0.05, 0) is 11.8 Å². The smallest absolute Gasteiger partial charge is 0.143 e. The highest BCUT2D eigenvalue weighted by molar-refractivity contribution is 7.78. The van der Waals surface area contributed by atoms with Crippen LogP contribution in [0.15, 0.2) is 60.7 Å². The Hall–Kier alpha value is -1.33. The third kappa shape index (κ3) is 3.70. The van der Waals surface area contributed by atoms with Gasteiger partial charge in [-0.2, -0.15) is 0 Å². The average molecular weight is 314 g/mol. The van der Waals surface area contributed by atoms with Gasteiger partial charge in [0.15, 0.2) is 0 Å². The maximum Gasteiger partial charge on any atom is 0.143 e. The van der Waals surface area contributed by atoms with Crippen molar-refractivity contribution < 1.29 is 4.57 Å². The van der Waals surface area contributed by atoms with Crippen LogP contribution in [-0.2, 0) is 4.57 Å². The Labute approximate surface area is 135 Å². The lowest BCUT2D eigenvalue weighted by atomic mass is 9.85. The van der Waals surface area contributed by atoms with Crippen LogP contribution in [0.4, 0.5) is 0 Å². The Balaban J connectivity index is 2.50. The zero-order valence-electron chi connectivity index (χ0n) is 14.0. The van der Waals surface area contributed by atoms with Crippen LogP contribution in [0.2, 0.25) is 0 Å². The van der Waals surface area contributed by atoms with Crippen LogP contribution >= 0.6 is 7.14 Å². The molecular weight excluding hydrogens is 287 g/mol. The van der Waals surface area contributed by atoms with Crippen LogP contribution in [0.25, 0.3) is 0 Å². The van der Waals surface area contributed by atoms with Crippen molar-refractivity contribution >= 4 is 17.8 Å². The van der Waals surface area contributed by atoms with Gasteiger partial charge in [0.1, 0.15) is 7.14 Å². The highest BCUT2D eigenvalue weighted by Gasteiger charge is 2.35. The Morgan fingerprint density at radius 1 is 0.864 bits per heavy atom. The molecule has 2 aromatic rings. The molecule has 1 nitrogen and oxygen atoms in total. The van der Waals surface area contributed by atoms with Crippen LogP contribution in [0, 0.1) is 5.41 Å². The first kappa shape index (κ1) is 17.0. The molecule has 118 valence electrons. The Kier molecular flexibility index (Phi) is 5.64. The standard InChI is InChI=1S/C20H27OP/c1-4-16-20(3,5-2)17-22(21,18-12-8-6-9-13-18)19-14-10-7-11-15-19/h6-15H,4-5,16-17H2,1-3H3. The lowest BCUT2D eigenvalue weighted by Gasteiger charge is -2.33. The molecule has 0 aliphatic rings. The first-order chi connectivity index (χ1) is 10.5. The van der Waals surface area contributed by atoms with Gasteiger partial charge in [-0.3, -0.25) is 0 Å². The molecular formula is C20H27OP. The number of rotatable bonds is 7. The second-order valence-electron chi connectivity index (χ2n) is 6.48. The second kappa shape index (κ2) is 7.29. The van der Waals surface area contributed by atoms with Crippen LogP contribution in [0.1, 0.15) is 40.0 Å². The van der Waals surface area contributed by atoms with E-state index in [4.69, 9.17) is 0 Å². The van der Waals surface area contributed by atoms with Crippen LogP contribution in [-0.4, -0.2) is 6.16 Å². The highest BCUT2D eigenvalue weighted by Crippen LogP contribution is 2.50. The van der Waals surface area contributed by atoms with E-state index in [0.717, 1.165) is 36.0 Å². The van der Waals surface area contributed by atoms with Gasteiger partial charge in [0, 0.05) is 16.8 Å². The van der Waals surface area contributed by atoms with Gasteiger partial charge >= 0.3 is 0 Å². The van der Waals surface area contributed by atoms with Crippen molar-refractivity contribution in [2.75, 3.05) is 6.16 Å². The molecule has 0 aliphatic heterocycles. The fourth-order valence-corrected chi connectivity index (χ4v) is 6.61. The maximum atomic E-state index is 14.1. The van der Waals surface area contributed by atoms with Crippen molar-refractivity contribution in [3.63, 3.8) is 0 Å². The fourth-order valence-electron chi connectivity index (χ4n) is 3.18. The third-order valence-electron chi connectivity index (χ3n) is 4.66. The minimum absolute atomic E-state index is 0.121. The van der Waals surface area contributed by atoms with Gasteiger partial charge in [-0.25, -0.2) is 0 Å². The summed E-state index contributed by atoms with van der Waals surface area (Å²) in [4.78, 5) is 0. The quantitative estimate of drug-likeness (QED) is 0.641. The van der Waals surface area contributed by atoms with E-state index in [-0.39, 0.29) is 5.41 Å². The van der Waals surface area contributed by atoms with E-state index in [1.54, 1.807) is 0 Å². The van der Waals surface area contributed by atoms with E-state index in [1.807, 2.05) is 60.7 Å². The summed E-state index contributed by atoms with van der Waals surface area (Å²) in [5.41, 5.74) is 0.121. The summed E-state index contributed by atoms with van der Waals surface area (Å²) in [6.07, 6.45) is 4.06. The van der Waals surface area contributed by atoms with E-state index in [2.05, 4.69) is 20.8 Å². The largest absolute Gasteiger partial charge is 0.314 e. The molecule has 0 bridgehead atoms. The van der Waals surface area contributed by atoms with Crippen LogP contribution in [0.3, 0.4) is 0 Å². The molecule has 2 heteroatoms. The monoisotopic (exact) mass is 314 g/mol. The Morgan fingerprint density at radius 3 is 1.68 bits per heavy atom. The molecule has 0 fully saturated rings. The van der Waals surface area contributed by atoms with Crippen molar-refractivity contribution in [2.45, 2.75) is 40.0 Å². The van der Waals surface area contributed by atoms with Crippen molar-refractivity contribution in [3.8, 4) is 0 Å². The van der Waals surface area contributed by atoms with Gasteiger partial charge in [0.25, 0.3) is 0 Å². The lowest BCUT2D eigenvalue weighted by molar-refractivity contribution is 0.322. The molecule has 0 saturated heterocycles. The van der Waals surface area contributed by atoms with Crippen molar-refractivity contribution in [1.29, 1.82) is 0 Å². The molecule has 1 unspecified atom stereocenters. The first-order valence-electron chi connectivity index (χ1n) is 8.24. The molecule has 0 N–H and O–H groups in total. The lowest BCUT2D eigenvalue weighted by Crippen LogP contribution is -2.28. The second-order valence-corrected chi connectivity index (χ2v) is 9.31. The average Bonchev–Trinajstić information content (AvgIpc) is 2.56. The Morgan fingerprint density at radius 2 is 1.32 bits per heavy atom. The van der Waals surface area contributed by atoms with Gasteiger partial charge in [-0.1, -0.05) is 94.3 Å². The van der Waals surface area contributed by atoms with Crippen LogP contribution in [0.5, 0.6) is 0 Å². The van der Waals surface area contributed by atoms with E-state index in [1.165, 1.54) is 0 Å². The zero-order valence-corrected chi connectivity index (χ0v) is 14.9. The number of benzene rings is 2. The predicted molar refractivity (Wildman–Crippen MR) is 97.9 cm³/mol. The molecule has 0 aliphatic carbocycles. The molecule has 0 aromatic heterocycles. The summed E-state index contributed by atoms with van der Waals surface area (Å²) in [6.45, 7) is 6.72. The van der Waals surface area contributed by atoms with Gasteiger partial charge in [-0.15, -0.1) is 0 Å². The summed E-state index contributed by atoms with van der Waals surface area (Å²) in [6, 6.07) is 20.1. The van der Waals surface area contributed by atoms with Crippen molar-refractivity contribution in [2.24, 2.45) is 5.41 Å². The minimum Gasteiger partial charge on any atom is -0.314 e. The molecule has 0 saturated carbocycles. The number of hydrogen-bond acceptors (Lipinski definition) is 1. The fraction of sp³-hybridized carbons (Fsp3) is 0.400. The van der Waals surface area contributed by atoms with Crippen molar-refractivity contribution in [1.82, 2.24) is 0 Å². The SMILES string of the molecule is CCCC(C)(CC)CP(=O)(c1ccccc1)c1ccccc1. The molecule has 0 spiro atoms. The van der Waals surface area contributed by atoms with E-state index < -0.39 is 7.14 Å². The van der Waals surface area contributed by atoms with Gasteiger partial charge < -0.3 is 4.57 Å². The van der Waals surface area contributed by atoms with Gasteiger partial charge in [0.05, 0.1) is 0 Å². The van der Waals surface area contributed by atoms with Gasteiger partial charge in [0.2, 0.25) is 0 Å². The van der Waals surface area contributed by atoms with E-state index >= 15 is 0 Å². The summed E-state index contributed by atoms with van der Waals surface area (Å²) >= 11 is 0. The molecule has 2 aromatic carbocycles. The van der Waals surface area contributed by atoms with E-state index in [9.17, 15) is 4.57 Å². The normalized spacial score (nSPS) is 14.5. The molecule has 1 atom stereocenters. The minimum atomic E-state index is -2.59. The van der Waals surface area contributed by atoms with Crippen LogP contribution < -0.4 is 10.6 Å². The molecule has 0 heterocycles. The zero-order chi connectivity index (χ0) is 16.1. The molecule has 0 amide bonds. The third-order valence-corrected chi connectivity index (χ3v) is 8.13. The topological polar surface area (TPSA) is 17.1 Å². The molecule has 0 radical (unpaired) electrons. The Bertz CT molecular complexity index is 577. The highest BCUT2D eigenvalue weighted by atomic mass is 31.2. The maximum absolute atomic E-state index is 14.1. The number of hydrogen-bond donors (Lipinski definition) is 0. The summed E-state index contributed by atoms with van der Waals surface area (Å²) < 4.78 is 14.1. The molecule has 22 heavy (non-hydrogen) atoms. The predicted octanol–water partition coefficient (Wildman–Crippen LogP) is 5.22. The summed E-state index contributed by atoms with van der Waals surface area (Å²) in [5, 5.41) is 1.97. The first-order valence-corrected chi connectivity index (χ1v) is 10.1. The van der Waals surface area contributed by atoms with Crippen molar-refractivity contribution in [3.05, 3.63) is 60.7 Å². The van der Waals surface area contributed by atoms with E-state index in [0.29, 0.717) is 0 Å².